The Morgan fingerprint density at radius 3 is 1.71 bits per heavy atom. The molecule has 0 fully saturated rings. The van der Waals surface area contributed by atoms with E-state index in [1.165, 1.54) is 0 Å². The first kappa shape index (κ1) is 6.84. The summed E-state index contributed by atoms with van der Waals surface area (Å²) in [6.45, 7) is 2.65. The summed E-state index contributed by atoms with van der Waals surface area (Å²) < 4.78 is 0. The third kappa shape index (κ3) is 2.52. The van der Waals surface area contributed by atoms with Crippen LogP contribution in [0.25, 0.3) is 0 Å². The van der Waals surface area contributed by atoms with Gasteiger partial charge in [0.25, 0.3) is 0 Å². The van der Waals surface area contributed by atoms with Gasteiger partial charge in [-0.2, -0.15) is 5.11 Å². The molecule has 0 spiro atoms. The molecule has 0 amide bonds. The summed E-state index contributed by atoms with van der Waals surface area (Å²) in [6.07, 6.45) is -1.90. The minimum Gasteiger partial charge on any atom is -0.385 e. The van der Waals surface area contributed by atoms with E-state index in [1.54, 1.807) is 0 Å². The molecule has 0 aromatic carbocycles. The van der Waals surface area contributed by atoms with Crippen LogP contribution in [0.15, 0.2) is 0 Å². The normalized spacial score (nSPS) is 16.7. The van der Waals surface area contributed by atoms with Gasteiger partial charge in [0.1, 0.15) is 6.10 Å². The van der Waals surface area contributed by atoms with Crippen molar-refractivity contribution in [3.8, 4) is 0 Å². The van der Waals surface area contributed by atoms with Crippen LogP contribution in [-0.2, 0) is 5.11 Å². The van der Waals surface area contributed by atoms with E-state index in [1.807, 2.05) is 0 Å². The first-order valence-electron chi connectivity index (χ1n) is 1.61. The highest BCUT2D eigenvalue weighted by molar-refractivity contribution is 4.62. The third-order valence-corrected chi connectivity index (χ3v) is 0.434. The molecule has 4 nitrogen and oxygen atoms in total. The van der Waals surface area contributed by atoms with E-state index in [-0.39, 0.29) is 0 Å². The Morgan fingerprint density at radius 1 is 1.57 bits per heavy atom. The molecule has 42 valence electrons. The van der Waals surface area contributed by atoms with E-state index < -0.39 is 12.1 Å². The zero-order valence-corrected chi connectivity index (χ0v) is 3.53. The number of hydrogen-bond acceptors (Lipinski definition) is 3. The lowest BCUT2D eigenvalue weighted by Gasteiger charge is -2.12. The lowest BCUT2D eigenvalue weighted by atomic mass is 10.3. The average molecular weight is 106 g/mol. The monoisotopic (exact) mass is 106 g/mol. The molecule has 0 aliphatic rings. The van der Waals surface area contributed by atoms with Gasteiger partial charge in [-0.15, -0.1) is 0 Å². The smallest absolute Gasteiger partial charge is 0.334 e. The Hall–Kier alpha value is -0.160. The maximum absolute atomic E-state index is 9.60. The highest BCUT2D eigenvalue weighted by Gasteiger charge is 2.27. The van der Waals surface area contributed by atoms with E-state index in [2.05, 4.69) is 6.92 Å². The molecule has 0 heterocycles. The molecule has 0 bridgehead atoms. The van der Waals surface area contributed by atoms with Gasteiger partial charge in [0.2, 0.25) is 0 Å². The van der Waals surface area contributed by atoms with Crippen molar-refractivity contribution in [3.63, 3.8) is 0 Å². The summed E-state index contributed by atoms with van der Waals surface area (Å²) >= 11 is 0. The fraction of sp³-hybridized carbons (Fsp3) is 0.667. The molecule has 0 aromatic rings. The van der Waals surface area contributed by atoms with Gasteiger partial charge < -0.3 is 15.3 Å². The lowest BCUT2D eigenvalue weighted by Crippen LogP contribution is -2.38. The predicted molar refractivity (Wildman–Crippen MR) is 19.2 cm³/mol. The molecule has 0 saturated heterocycles. The summed E-state index contributed by atoms with van der Waals surface area (Å²) in [6, 6.07) is 0. The average Bonchev–Trinajstić information content (AvgIpc) is 1.31. The van der Waals surface area contributed by atoms with Crippen molar-refractivity contribution in [2.24, 2.45) is 0 Å². The van der Waals surface area contributed by atoms with E-state index in [4.69, 9.17) is 15.3 Å². The Kier molecular flexibility index (Phi) is 1.71. The Balaban J connectivity index is 3.54. The van der Waals surface area contributed by atoms with Crippen molar-refractivity contribution < 1.29 is 20.4 Å². The number of rotatable bonds is 1. The highest BCUT2D eigenvalue weighted by atomic mass is 16.7. The first-order valence-corrected chi connectivity index (χ1v) is 1.61. The second-order valence-corrected chi connectivity index (χ2v) is 1.17. The van der Waals surface area contributed by atoms with Crippen LogP contribution in [0.1, 0.15) is 0 Å². The number of hydrogen-bond donors (Lipinski definition) is 3. The summed E-state index contributed by atoms with van der Waals surface area (Å²) in [7, 11) is 0. The van der Waals surface area contributed by atoms with Crippen molar-refractivity contribution >= 4 is 0 Å². The summed E-state index contributed by atoms with van der Waals surface area (Å²) in [5.41, 5.74) is 0. The van der Waals surface area contributed by atoms with Gasteiger partial charge in [-0.25, -0.2) is 0 Å². The molecule has 1 unspecified atom stereocenters. The Bertz CT molecular complexity index is 52.4. The van der Waals surface area contributed by atoms with Crippen LogP contribution in [0, 0.1) is 6.92 Å². The van der Waals surface area contributed by atoms with E-state index >= 15 is 0 Å². The van der Waals surface area contributed by atoms with Crippen LogP contribution in [0.3, 0.4) is 0 Å². The molecule has 0 saturated carbocycles. The molecule has 1 atom stereocenters. The van der Waals surface area contributed by atoms with Crippen LogP contribution in [0.2, 0.25) is 0 Å². The zero-order valence-electron chi connectivity index (χ0n) is 3.53. The summed E-state index contributed by atoms with van der Waals surface area (Å²) in [5.74, 6) is -3.31. The quantitative estimate of drug-likeness (QED) is 0.347. The van der Waals surface area contributed by atoms with Crippen LogP contribution in [0.4, 0.5) is 0 Å². The van der Waals surface area contributed by atoms with Crippen molar-refractivity contribution in [2.45, 2.75) is 12.1 Å². The molecular formula is C3H6O4. The van der Waals surface area contributed by atoms with Gasteiger partial charge in [-0.1, -0.05) is 0 Å². The lowest BCUT2D eigenvalue weighted by molar-refractivity contribution is -0.375. The molecule has 7 heavy (non-hydrogen) atoms. The molecule has 0 aromatic heterocycles. The van der Waals surface area contributed by atoms with Crippen molar-refractivity contribution in [1.82, 2.24) is 0 Å². The van der Waals surface area contributed by atoms with Gasteiger partial charge in [0.15, 0.2) is 0 Å². The zero-order chi connectivity index (χ0) is 6.08. The van der Waals surface area contributed by atoms with Crippen LogP contribution in [0.5, 0.6) is 0 Å². The molecule has 0 aliphatic heterocycles. The molecule has 2 radical (unpaired) electrons. The van der Waals surface area contributed by atoms with E-state index in [0.717, 1.165) is 0 Å². The molecular weight excluding hydrogens is 100 g/mol. The second kappa shape index (κ2) is 1.75. The topological polar surface area (TPSA) is 80.6 Å². The summed E-state index contributed by atoms with van der Waals surface area (Å²) in [5, 5.41) is 33.1. The molecule has 0 aliphatic carbocycles. The first-order chi connectivity index (χ1) is 2.94. The van der Waals surface area contributed by atoms with Gasteiger partial charge in [0.05, 0.1) is 0 Å². The van der Waals surface area contributed by atoms with Gasteiger partial charge in [-0.05, 0) is 6.92 Å². The Morgan fingerprint density at radius 2 is 1.71 bits per heavy atom. The number of aliphatic hydroxyl groups excluding tert-OH is 1. The molecule has 3 N–H and O–H groups in total. The minimum absolute atomic E-state index is 1.90. The fourth-order valence-electron chi connectivity index (χ4n) is 0. The SMILES string of the molecule is [CH2]C(O)C([O])(O)O. The Labute approximate surface area is 40.6 Å². The largest absolute Gasteiger partial charge is 0.385 e. The standard InChI is InChI=1S/C3H6O4/c1-2(4)3(5,6)7/h2,4-6H,1H2. The predicted octanol–water partition coefficient (Wildman–Crippen LogP) is -1.75. The number of aliphatic hydroxyl groups is 3. The summed E-state index contributed by atoms with van der Waals surface area (Å²) in [4.78, 5) is 0. The molecule has 0 rings (SSSR count). The van der Waals surface area contributed by atoms with Crippen LogP contribution < -0.4 is 0 Å². The molecule has 4 heteroatoms. The minimum atomic E-state index is -3.31. The maximum Gasteiger partial charge on any atom is 0.334 e. The van der Waals surface area contributed by atoms with E-state index in [0.29, 0.717) is 0 Å². The van der Waals surface area contributed by atoms with Gasteiger partial charge in [-0.3, -0.25) is 0 Å². The fourth-order valence-corrected chi connectivity index (χ4v) is 0. The van der Waals surface area contributed by atoms with Gasteiger partial charge in [0, 0.05) is 0 Å². The van der Waals surface area contributed by atoms with Crippen molar-refractivity contribution in [2.75, 3.05) is 0 Å². The van der Waals surface area contributed by atoms with E-state index in [9.17, 15) is 5.11 Å². The van der Waals surface area contributed by atoms with Crippen LogP contribution >= 0.6 is 0 Å². The highest BCUT2D eigenvalue weighted by Crippen LogP contribution is 1.98. The van der Waals surface area contributed by atoms with Crippen LogP contribution in [-0.4, -0.2) is 27.4 Å². The van der Waals surface area contributed by atoms with Gasteiger partial charge >= 0.3 is 5.97 Å². The second-order valence-electron chi connectivity index (χ2n) is 1.17. The van der Waals surface area contributed by atoms with Crippen molar-refractivity contribution in [1.29, 1.82) is 0 Å². The third-order valence-electron chi connectivity index (χ3n) is 0.434. The van der Waals surface area contributed by atoms with Crippen molar-refractivity contribution in [3.05, 3.63) is 6.92 Å². The maximum atomic E-state index is 9.60.